The van der Waals surface area contributed by atoms with Crippen LogP contribution in [0.4, 0.5) is 0 Å². The lowest BCUT2D eigenvalue weighted by Gasteiger charge is -2.22. The Morgan fingerprint density at radius 3 is 1.85 bits per heavy atom. The molecule has 0 saturated heterocycles. The molecular formula is C33H53N9O6. The Hall–Kier alpha value is -4.28. The third-order valence-electron chi connectivity index (χ3n) is 7.81. The second-order valence-electron chi connectivity index (χ2n) is 11.9. The number of benzene rings is 2. The van der Waals surface area contributed by atoms with Crippen molar-refractivity contribution in [1.82, 2.24) is 21.3 Å². The molecule has 0 unspecified atom stereocenters. The fourth-order valence-corrected chi connectivity index (χ4v) is 4.93. The van der Waals surface area contributed by atoms with Crippen LogP contribution in [-0.2, 0) is 25.6 Å². The van der Waals surface area contributed by atoms with Crippen molar-refractivity contribution in [2.75, 3.05) is 32.7 Å². The third-order valence-corrected chi connectivity index (χ3v) is 7.81. The molecule has 0 aliphatic heterocycles. The fraction of sp³-hybridized carbons (Fsp3) is 0.515. The zero-order valence-electron chi connectivity index (χ0n) is 27.7. The van der Waals surface area contributed by atoms with E-state index in [1.165, 1.54) is 6.07 Å². The smallest absolute Gasteiger partial charge is 0.243 e. The number of hydrogen-bond donors (Lipinski definition) is 11. The van der Waals surface area contributed by atoms with Crippen LogP contribution >= 0.6 is 0 Å². The lowest BCUT2D eigenvalue weighted by Crippen LogP contribution is -2.54. The second kappa shape index (κ2) is 20.8. The highest BCUT2D eigenvalue weighted by Crippen LogP contribution is 2.29. The molecule has 16 N–H and O–H groups in total. The molecule has 2 aromatic carbocycles. The highest BCUT2D eigenvalue weighted by atomic mass is 16.3. The Morgan fingerprint density at radius 1 is 0.708 bits per heavy atom. The first-order valence-corrected chi connectivity index (χ1v) is 16.3. The van der Waals surface area contributed by atoms with Gasteiger partial charge in [-0.05, 0) is 112 Å². The molecule has 0 aliphatic rings. The van der Waals surface area contributed by atoms with Gasteiger partial charge in [-0.15, -0.1) is 0 Å². The van der Waals surface area contributed by atoms with Gasteiger partial charge in [-0.1, -0.05) is 12.1 Å². The van der Waals surface area contributed by atoms with Gasteiger partial charge in [-0.25, -0.2) is 0 Å². The minimum Gasteiger partial charge on any atom is -0.508 e. The summed E-state index contributed by atoms with van der Waals surface area (Å²) in [5.74, 6) is -2.16. The monoisotopic (exact) mass is 671 g/mol. The number of amides is 4. The van der Waals surface area contributed by atoms with E-state index in [-0.39, 0.29) is 43.5 Å². The lowest BCUT2D eigenvalue weighted by molar-refractivity contribution is -0.132. The van der Waals surface area contributed by atoms with Gasteiger partial charge in [0.2, 0.25) is 23.6 Å². The number of nitrogens with two attached hydrogens (primary N) is 5. The average Bonchev–Trinajstić information content (AvgIpc) is 3.07. The predicted octanol–water partition coefficient (Wildman–Crippen LogP) is -1.31. The van der Waals surface area contributed by atoms with Gasteiger partial charge in [-0.2, -0.15) is 0 Å². The SMILES string of the molecule is Cc1cc(-c2ccc(O)c(C[C@H](N)C(=O)N[C@@H](CCCN)C(=O)NCC(=O)N[C@@H](CCCN)C(=O)NC[C@@H](N)CCCN)c2)ccc1O. The summed E-state index contributed by atoms with van der Waals surface area (Å²) >= 11 is 0. The highest BCUT2D eigenvalue weighted by molar-refractivity contribution is 5.93. The fourth-order valence-electron chi connectivity index (χ4n) is 4.93. The molecule has 2 aromatic rings. The van der Waals surface area contributed by atoms with Gasteiger partial charge >= 0.3 is 0 Å². The van der Waals surface area contributed by atoms with E-state index in [0.717, 1.165) is 17.5 Å². The number of aryl methyl sites for hydroxylation is 1. The maximum atomic E-state index is 13.1. The molecule has 0 bridgehead atoms. The summed E-state index contributed by atoms with van der Waals surface area (Å²) in [7, 11) is 0. The van der Waals surface area contributed by atoms with Crippen LogP contribution in [0.15, 0.2) is 36.4 Å². The minimum atomic E-state index is -1.12. The van der Waals surface area contributed by atoms with Crippen LogP contribution in [0.1, 0.15) is 49.7 Å². The molecule has 0 radical (unpaired) electrons. The highest BCUT2D eigenvalue weighted by Gasteiger charge is 2.26. The lowest BCUT2D eigenvalue weighted by atomic mass is 9.97. The van der Waals surface area contributed by atoms with Crippen LogP contribution < -0.4 is 49.9 Å². The van der Waals surface area contributed by atoms with Gasteiger partial charge < -0.3 is 60.1 Å². The van der Waals surface area contributed by atoms with E-state index in [2.05, 4.69) is 21.3 Å². The Labute approximate surface area is 281 Å². The molecule has 0 saturated carbocycles. The Morgan fingerprint density at radius 2 is 1.25 bits per heavy atom. The first-order valence-electron chi connectivity index (χ1n) is 16.3. The molecular weight excluding hydrogens is 618 g/mol. The summed E-state index contributed by atoms with van der Waals surface area (Å²) in [6.45, 7) is 2.62. The van der Waals surface area contributed by atoms with E-state index in [0.29, 0.717) is 49.9 Å². The summed E-state index contributed by atoms with van der Waals surface area (Å²) < 4.78 is 0. The van der Waals surface area contributed by atoms with Crippen molar-refractivity contribution >= 4 is 23.6 Å². The summed E-state index contributed by atoms with van der Waals surface area (Å²) in [4.78, 5) is 51.6. The Bertz CT molecular complexity index is 1360. The zero-order chi connectivity index (χ0) is 35.6. The van der Waals surface area contributed by atoms with E-state index in [9.17, 15) is 29.4 Å². The molecule has 0 aliphatic carbocycles. The van der Waals surface area contributed by atoms with Gasteiger partial charge in [0.1, 0.15) is 23.6 Å². The first kappa shape index (κ1) is 39.9. The molecule has 0 heterocycles. The Kier molecular flexibility index (Phi) is 17.3. The molecule has 4 atom stereocenters. The molecule has 15 nitrogen and oxygen atoms in total. The second-order valence-corrected chi connectivity index (χ2v) is 11.9. The standard InChI is InChI=1S/C33H53N9O6/c1-20-15-21(8-10-28(20)43)22-9-11-29(44)23(16-22)17-25(38)31(46)42-27(7-4-14-36)33(48)40-19-30(45)41-26(6-3-13-35)32(47)39-18-24(37)5-2-12-34/h8-11,15-16,24-27,43-44H,2-7,12-14,17-19,34-38H2,1H3,(H,39,47)(H,40,48)(H,41,45)(H,42,46)/t24-,25-,26-,27-/m0/s1. The molecule has 2 rings (SSSR count). The molecule has 48 heavy (non-hydrogen) atoms. The van der Waals surface area contributed by atoms with Crippen LogP contribution in [0.2, 0.25) is 0 Å². The number of aromatic hydroxyl groups is 2. The van der Waals surface area contributed by atoms with Crippen molar-refractivity contribution in [3.8, 4) is 22.6 Å². The van der Waals surface area contributed by atoms with Crippen molar-refractivity contribution in [2.45, 2.75) is 76.0 Å². The number of rotatable bonds is 21. The van der Waals surface area contributed by atoms with Crippen LogP contribution in [0.5, 0.6) is 11.5 Å². The number of hydrogen-bond acceptors (Lipinski definition) is 11. The average molecular weight is 672 g/mol. The number of phenolic OH excluding ortho intramolecular Hbond substituents is 2. The minimum absolute atomic E-state index is 0.0274. The Balaban J connectivity index is 2.00. The van der Waals surface area contributed by atoms with E-state index >= 15 is 0 Å². The molecule has 266 valence electrons. The van der Waals surface area contributed by atoms with Crippen LogP contribution in [0.3, 0.4) is 0 Å². The van der Waals surface area contributed by atoms with Crippen molar-refractivity contribution in [3.63, 3.8) is 0 Å². The van der Waals surface area contributed by atoms with Gasteiger partial charge in [0.25, 0.3) is 0 Å². The number of carbonyl (C=O) groups is 4. The predicted molar refractivity (Wildman–Crippen MR) is 184 cm³/mol. The molecule has 0 spiro atoms. The van der Waals surface area contributed by atoms with Crippen LogP contribution in [-0.4, -0.2) is 90.7 Å². The summed E-state index contributed by atoms with van der Waals surface area (Å²) in [5, 5.41) is 30.8. The third kappa shape index (κ3) is 13.4. The number of nitrogens with one attached hydrogen (secondary N) is 4. The van der Waals surface area contributed by atoms with Crippen molar-refractivity contribution < 1.29 is 29.4 Å². The van der Waals surface area contributed by atoms with Gasteiger partial charge in [0.05, 0.1) is 12.6 Å². The summed E-state index contributed by atoms with van der Waals surface area (Å²) in [6, 6.07) is 6.74. The van der Waals surface area contributed by atoms with Crippen molar-refractivity contribution in [1.29, 1.82) is 0 Å². The molecule has 0 fully saturated rings. The van der Waals surface area contributed by atoms with Gasteiger partial charge in [0.15, 0.2) is 0 Å². The quantitative estimate of drug-likeness (QED) is 0.0741. The van der Waals surface area contributed by atoms with Crippen LogP contribution in [0, 0.1) is 6.92 Å². The molecule has 0 aromatic heterocycles. The summed E-state index contributed by atoms with van der Waals surface area (Å²) in [5.41, 5.74) is 31.6. The van der Waals surface area contributed by atoms with E-state index < -0.39 is 48.3 Å². The maximum absolute atomic E-state index is 13.1. The zero-order valence-corrected chi connectivity index (χ0v) is 27.7. The van der Waals surface area contributed by atoms with E-state index in [1.807, 2.05) is 0 Å². The van der Waals surface area contributed by atoms with Gasteiger partial charge in [0, 0.05) is 19.0 Å². The largest absolute Gasteiger partial charge is 0.508 e. The van der Waals surface area contributed by atoms with Crippen molar-refractivity contribution in [3.05, 3.63) is 47.5 Å². The van der Waals surface area contributed by atoms with E-state index in [4.69, 9.17) is 28.7 Å². The first-order chi connectivity index (χ1) is 22.9. The molecule has 4 amide bonds. The maximum Gasteiger partial charge on any atom is 0.243 e. The number of carbonyl (C=O) groups excluding carboxylic acids is 4. The van der Waals surface area contributed by atoms with E-state index in [1.54, 1.807) is 37.3 Å². The van der Waals surface area contributed by atoms with Crippen LogP contribution in [0.25, 0.3) is 11.1 Å². The number of phenols is 2. The summed E-state index contributed by atoms with van der Waals surface area (Å²) in [6.07, 6.45) is 2.71. The topological polar surface area (TPSA) is 287 Å². The van der Waals surface area contributed by atoms with Gasteiger partial charge in [-0.3, -0.25) is 19.2 Å². The normalized spacial score (nSPS) is 13.5. The van der Waals surface area contributed by atoms with Crippen molar-refractivity contribution in [2.24, 2.45) is 28.7 Å². The molecule has 15 heteroatoms.